The van der Waals surface area contributed by atoms with E-state index in [0.717, 1.165) is 15.2 Å². The van der Waals surface area contributed by atoms with Crippen molar-refractivity contribution in [2.45, 2.75) is 18.6 Å². The van der Waals surface area contributed by atoms with Gasteiger partial charge in [-0.25, -0.2) is 0 Å². The topological polar surface area (TPSA) is 133 Å². The van der Waals surface area contributed by atoms with Gasteiger partial charge in [-0.2, -0.15) is 0 Å². The molecule has 0 aliphatic heterocycles. The number of aryl methyl sites for hydroxylation is 1. The van der Waals surface area contributed by atoms with E-state index in [9.17, 15) is 9.59 Å². The van der Waals surface area contributed by atoms with Crippen molar-refractivity contribution in [3.8, 4) is 17.2 Å². The number of thioether (sulfide) groups is 1. The Labute approximate surface area is 229 Å². The molecule has 0 bridgehead atoms. The molecule has 0 aliphatic rings. The zero-order chi connectivity index (χ0) is 26.4. The molecule has 0 radical (unpaired) electrons. The smallest absolute Gasteiger partial charge is 0.251 e. The lowest BCUT2D eigenvalue weighted by atomic mass is 10.2. The van der Waals surface area contributed by atoms with Crippen molar-refractivity contribution in [2.24, 2.45) is 0 Å². The van der Waals surface area contributed by atoms with Crippen molar-refractivity contribution in [3.05, 3.63) is 63.3 Å². The van der Waals surface area contributed by atoms with Crippen LogP contribution < -0.4 is 20.1 Å². The zero-order valence-corrected chi connectivity index (χ0v) is 23.2. The lowest BCUT2D eigenvalue weighted by Crippen LogP contribution is -2.24. The molecule has 2 amide bonds. The molecule has 0 atom stereocenters. The summed E-state index contributed by atoms with van der Waals surface area (Å²) in [5.41, 5.74) is 1.19. The van der Waals surface area contributed by atoms with Crippen LogP contribution in [0.25, 0.3) is 5.69 Å². The van der Waals surface area contributed by atoms with E-state index in [4.69, 9.17) is 9.47 Å². The number of halogens is 1. The maximum absolute atomic E-state index is 12.8. The van der Waals surface area contributed by atoms with Crippen molar-refractivity contribution in [1.82, 2.24) is 30.3 Å². The number of anilines is 1. The monoisotopic (exact) mass is 603 g/mol. The van der Waals surface area contributed by atoms with Gasteiger partial charge in [0.15, 0.2) is 22.5 Å². The Morgan fingerprint density at radius 2 is 1.78 bits per heavy atom. The average Bonchev–Trinajstić information content (AvgIpc) is 3.51. The van der Waals surface area contributed by atoms with Crippen molar-refractivity contribution < 1.29 is 19.1 Å². The molecule has 2 aromatic carbocycles. The van der Waals surface area contributed by atoms with E-state index < -0.39 is 0 Å². The molecule has 2 N–H and O–H groups in total. The molecule has 192 valence electrons. The van der Waals surface area contributed by atoms with Gasteiger partial charge in [0, 0.05) is 15.7 Å². The summed E-state index contributed by atoms with van der Waals surface area (Å²) < 4.78 is 13.2. The van der Waals surface area contributed by atoms with Crippen LogP contribution >= 0.6 is 39.0 Å². The van der Waals surface area contributed by atoms with Gasteiger partial charge in [-0.05, 0) is 49.4 Å². The van der Waals surface area contributed by atoms with Gasteiger partial charge < -0.3 is 14.8 Å². The van der Waals surface area contributed by atoms with Crippen LogP contribution in [0.5, 0.6) is 11.5 Å². The summed E-state index contributed by atoms with van der Waals surface area (Å²) >= 11 is 5.96. The SMILES string of the molecule is COc1ccc(C(=O)NCc2nnc(SCC(=O)Nc3nnc(C)s3)n2-c2ccc(Br)cc2)cc1OC. The van der Waals surface area contributed by atoms with E-state index >= 15 is 0 Å². The lowest BCUT2D eigenvalue weighted by molar-refractivity contribution is -0.113. The summed E-state index contributed by atoms with van der Waals surface area (Å²) in [6.45, 7) is 1.92. The maximum Gasteiger partial charge on any atom is 0.251 e. The van der Waals surface area contributed by atoms with Crippen LogP contribution in [0.15, 0.2) is 52.1 Å². The third-order valence-electron chi connectivity index (χ3n) is 4.94. The summed E-state index contributed by atoms with van der Waals surface area (Å²) in [5, 5.41) is 23.7. The van der Waals surface area contributed by atoms with Gasteiger partial charge in [0.25, 0.3) is 5.91 Å². The van der Waals surface area contributed by atoms with Gasteiger partial charge in [-0.15, -0.1) is 20.4 Å². The Morgan fingerprint density at radius 3 is 2.46 bits per heavy atom. The summed E-state index contributed by atoms with van der Waals surface area (Å²) in [6, 6.07) is 12.5. The van der Waals surface area contributed by atoms with E-state index in [1.54, 1.807) is 22.8 Å². The maximum atomic E-state index is 12.8. The minimum atomic E-state index is -0.313. The number of ether oxygens (including phenoxy) is 2. The average molecular weight is 605 g/mol. The highest BCUT2D eigenvalue weighted by atomic mass is 79.9. The Kier molecular flexibility index (Phi) is 8.74. The number of carbonyl (C=O) groups excluding carboxylic acids is 2. The molecular weight excluding hydrogens is 582 g/mol. The van der Waals surface area contributed by atoms with Gasteiger partial charge >= 0.3 is 0 Å². The molecule has 14 heteroatoms. The predicted molar refractivity (Wildman–Crippen MR) is 144 cm³/mol. The molecule has 4 aromatic rings. The number of nitrogens with zero attached hydrogens (tertiary/aromatic N) is 5. The first-order chi connectivity index (χ1) is 17.9. The van der Waals surface area contributed by atoms with Gasteiger partial charge in [0.2, 0.25) is 11.0 Å². The van der Waals surface area contributed by atoms with E-state index in [-0.39, 0.29) is 24.1 Å². The van der Waals surface area contributed by atoms with Gasteiger partial charge in [-0.1, -0.05) is 39.0 Å². The number of nitrogens with one attached hydrogen (secondary N) is 2. The molecule has 4 rings (SSSR count). The van der Waals surface area contributed by atoms with Crippen LogP contribution in [-0.2, 0) is 11.3 Å². The van der Waals surface area contributed by atoms with Crippen LogP contribution in [0.3, 0.4) is 0 Å². The third kappa shape index (κ3) is 6.64. The first-order valence-electron chi connectivity index (χ1n) is 10.8. The first kappa shape index (κ1) is 26.6. The van der Waals surface area contributed by atoms with Crippen LogP contribution in [0.4, 0.5) is 5.13 Å². The fourth-order valence-corrected chi connectivity index (χ4v) is 4.87. The number of amides is 2. The highest BCUT2D eigenvalue weighted by Crippen LogP contribution is 2.28. The number of aromatic nitrogens is 5. The van der Waals surface area contributed by atoms with E-state index in [0.29, 0.717) is 33.2 Å². The molecular formula is C23H22BrN7O4S2. The van der Waals surface area contributed by atoms with Crippen LogP contribution in [0, 0.1) is 6.92 Å². The van der Waals surface area contributed by atoms with Crippen LogP contribution in [-0.4, -0.2) is 56.7 Å². The number of hydrogen-bond acceptors (Lipinski definition) is 10. The minimum absolute atomic E-state index is 0.0886. The number of carbonyl (C=O) groups is 2. The molecule has 0 saturated carbocycles. The minimum Gasteiger partial charge on any atom is -0.493 e. The fraction of sp³-hybridized carbons (Fsp3) is 0.217. The molecule has 0 saturated heterocycles. The molecule has 2 heterocycles. The van der Waals surface area contributed by atoms with Crippen LogP contribution in [0.1, 0.15) is 21.2 Å². The summed E-state index contributed by atoms with van der Waals surface area (Å²) in [7, 11) is 3.04. The second-order valence-corrected chi connectivity index (χ2v) is 10.5. The number of hydrogen-bond donors (Lipinski definition) is 2. The number of benzene rings is 2. The van der Waals surface area contributed by atoms with Crippen LogP contribution in [0.2, 0.25) is 0 Å². The quantitative estimate of drug-likeness (QED) is 0.259. The van der Waals surface area contributed by atoms with Gasteiger partial charge in [0.1, 0.15) is 5.01 Å². The highest BCUT2D eigenvalue weighted by molar-refractivity contribution is 9.10. The molecule has 37 heavy (non-hydrogen) atoms. The highest BCUT2D eigenvalue weighted by Gasteiger charge is 2.18. The van der Waals surface area contributed by atoms with Crippen molar-refractivity contribution in [1.29, 1.82) is 0 Å². The summed E-state index contributed by atoms with van der Waals surface area (Å²) in [6.07, 6.45) is 0. The Hall–Kier alpha value is -3.49. The molecule has 2 aromatic heterocycles. The van der Waals surface area contributed by atoms with Crippen molar-refractivity contribution in [3.63, 3.8) is 0 Å². The second kappa shape index (κ2) is 12.2. The second-order valence-electron chi connectivity index (χ2n) is 7.43. The van der Waals surface area contributed by atoms with E-state index in [1.807, 2.05) is 31.2 Å². The number of methoxy groups -OCH3 is 2. The van der Waals surface area contributed by atoms with Crippen molar-refractivity contribution >= 4 is 56.0 Å². The standard InChI is InChI=1S/C23H22BrN7O4S2/c1-13-27-29-22(37-13)26-20(32)12-36-23-30-28-19(31(23)16-7-5-15(24)6-8-16)11-25-21(33)14-4-9-17(34-2)18(10-14)35-3/h4-10H,11-12H2,1-3H3,(H,25,33)(H,26,29,32). The zero-order valence-electron chi connectivity index (χ0n) is 20.0. The fourth-order valence-electron chi connectivity index (χ4n) is 3.23. The largest absolute Gasteiger partial charge is 0.493 e. The van der Waals surface area contributed by atoms with Gasteiger partial charge in [0.05, 0.1) is 26.5 Å². The molecule has 0 aliphatic carbocycles. The molecule has 0 spiro atoms. The molecule has 0 unspecified atom stereocenters. The Morgan fingerprint density at radius 1 is 1.03 bits per heavy atom. The first-order valence-corrected chi connectivity index (χ1v) is 13.4. The van der Waals surface area contributed by atoms with E-state index in [1.165, 1.54) is 37.3 Å². The third-order valence-corrected chi connectivity index (χ3v) is 7.15. The molecule has 11 nitrogen and oxygen atoms in total. The van der Waals surface area contributed by atoms with Crippen molar-refractivity contribution in [2.75, 3.05) is 25.3 Å². The normalized spacial score (nSPS) is 10.7. The predicted octanol–water partition coefficient (Wildman–Crippen LogP) is 3.87. The lowest BCUT2D eigenvalue weighted by Gasteiger charge is -2.12. The molecule has 0 fully saturated rings. The number of rotatable bonds is 10. The summed E-state index contributed by atoms with van der Waals surface area (Å²) in [5.74, 6) is 1.02. The Balaban J connectivity index is 1.50. The van der Waals surface area contributed by atoms with Gasteiger partial charge in [-0.3, -0.25) is 19.5 Å². The Bertz CT molecular complexity index is 1410. The van der Waals surface area contributed by atoms with E-state index in [2.05, 4.69) is 47.0 Å². The summed E-state index contributed by atoms with van der Waals surface area (Å²) in [4.78, 5) is 25.3.